The maximum Gasteiger partial charge on any atom is 0.145 e. The monoisotopic (exact) mass is 362 g/mol. The van der Waals surface area contributed by atoms with Gasteiger partial charge in [0.05, 0.1) is 24.9 Å². The van der Waals surface area contributed by atoms with Gasteiger partial charge in [0.2, 0.25) is 0 Å². The van der Waals surface area contributed by atoms with E-state index in [9.17, 15) is 0 Å². The van der Waals surface area contributed by atoms with Crippen LogP contribution in [0.4, 0.5) is 0 Å². The molecule has 2 saturated heterocycles. The molecular weight excluding hydrogens is 336 g/mol. The Morgan fingerprint density at radius 1 is 0.889 bits per heavy atom. The highest BCUT2D eigenvalue weighted by molar-refractivity contribution is 5.34. The second kappa shape index (κ2) is 9.19. The van der Waals surface area contributed by atoms with Gasteiger partial charge in [-0.1, -0.05) is 60.4 Å². The van der Waals surface area contributed by atoms with Crippen molar-refractivity contribution < 1.29 is 14.2 Å². The van der Waals surface area contributed by atoms with Gasteiger partial charge in [-0.3, -0.25) is 0 Å². The van der Waals surface area contributed by atoms with Crippen molar-refractivity contribution >= 4 is 0 Å². The fourth-order valence-electron chi connectivity index (χ4n) is 3.74. The highest BCUT2D eigenvalue weighted by Crippen LogP contribution is 2.29. The Morgan fingerprint density at radius 2 is 1.67 bits per heavy atom. The third-order valence-corrected chi connectivity index (χ3v) is 5.21. The van der Waals surface area contributed by atoms with E-state index in [2.05, 4.69) is 24.0 Å². The molecule has 0 unspecified atom stereocenters. The first-order valence-electron chi connectivity index (χ1n) is 9.88. The molecule has 140 valence electrons. The van der Waals surface area contributed by atoms with E-state index in [0.717, 1.165) is 37.9 Å². The molecule has 0 radical (unpaired) electrons. The van der Waals surface area contributed by atoms with Crippen molar-refractivity contribution in [3.63, 3.8) is 0 Å². The van der Waals surface area contributed by atoms with Crippen LogP contribution in [0.1, 0.15) is 36.8 Å². The summed E-state index contributed by atoms with van der Waals surface area (Å²) >= 11 is 0. The highest BCUT2D eigenvalue weighted by Gasteiger charge is 2.36. The number of hydrogen-bond donors (Lipinski definition) is 0. The molecule has 2 heterocycles. The van der Waals surface area contributed by atoms with Crippen LogP contribution >= 0.6 is 0 Å². The molecule has 0 N–H and O–H groups in total. The van der Waals surface area contributed by atoms with Gasteiger partial charge in [0.15, 0.2) is 0 Å². The molecule has 2 aromatic carbocycles. The minimum absolute atomic E-state index is 0.0457. The summed E-state index contributed by atoms with van der Waals surface area (Å²) in [6, 6.07) is 20.3. The Balaban J connectivity index is 1.50. The normalized spacial score (nSPS) is 27.7. The molecular formula is C24H26O3. The number of benzene rings is 2. The lowest BCUT2D eigenvalue weighted by atomic mass is 10.0. The number of ether oxygens (including phenoxy) is 3. The summed E-state index contributed by atoms with van der Waals surface area (Å²) in [5, 5.41) is 0. The summed E-state index contributed by atoms with van der Waals surface area (Å²) < 4.78 is 18.6. The van der Waals surface area contributed by atoms with E-state index in [4.69, 9.17) is 14.2 Å². The SMILES string of the molecule is C(#C[C@H]1O[C@H]2CCCO[C@@H]2CC[C@@H]1OCc1ccccc1)c1ccccc1. The molecule has 27 heavy (non-hydrogen) atoms. The van der Waals surface area contributed by atoms with Crippen molar-refractivity contribution in [2.24, 2.45) is 0 Å². The van der Waals surface area contributed by atoms with Crippen molar-refractivity contribution in [3.8, 4) is 11.8 Å². The second-order valence-electron chi connectivity index (χ2n) is 7.19. The summed E-state index contributed by atoms with van der Waals surface area (Å²) in [4.78, 5) is 0. The zero-order valence-electron chi connectivity index (χ0n) is 15.6. The summed E-state index contributed by atoms with van der Waals surface area (Å²) in [6.45, 7) is 1.41. The van der Waals surface area contributed by atoms with Crippen LogP contribution in [0.2, 0.25) is 0 Å². The number of rotatable bonds is 3. The summed E-state index contributed by atoms with van der Waals surface area (Å²) in [6.07, 6.45) is 3.98. The van der Waals surface area contributed by atoms with Crippen LogP contribution in [0, 0.1) is 11.8 Å². The smallest absolute Gasteiger partial charge is 0.145 e. The standard InChI is InChI=1S/C24H26O3/c1-3-8-19(9-4-1)13-14-24-22(26-18-20-10-5-2-6-11-20)16-15-21-23(27-24)12-7-17-25-21/h1-6,8-11,21-24H,7,12,15-18H2/t21-,22+,23+,24-/m1/s1. The van der Waals surface area contributed by atoms with Gasteiger partial charge in [-0.2, -0.15) is 0 Å². The van der Waals surface area contributed by atoms with E-state index >= 15 is 0 Å². The lowest BCUT2D eigenvalue weighted by Gasteiger charge is -2.30. The van der Waals surface area contributed by atoms with Crippen molar-refractivity contribution in [3.05, 3.63) is 71.8 Å². The Bertz CT molecular complexity index is 762. The van der Waals surface area contributed by atoms with E-state index in [-0.39, 0.29) is 24.4 Å². The quantitative estimate of drug-likeness (QED) is 0.760. The van der Waals surface area contributed by atoms with Gasteiger partial charge in [0, 0.05) is 12.2 Å². The first-order valence-corrected chi connectivity index (χ1v) is 9.88. The van der Waals surface area contributed by atoms with Crippen molar-refractivity contribution in [1.82, 2.24) is 0 Å². The summed E-state index contributed by atoms with van der Waals surface area (Å²) in [5.74, 6) is 6.61. The molecule has 0 bridgehead atoms. The molecule has 4 rings (SSSR count). The maximum atomic E-state index is 6.41. The van der Waals surface area contributed by atoms with Crippen LogP contribution in [-0.2, 0) is 20.8 Å². The lowest BCUT2D eigenvalue weighted by molar-refractivity contribution is -0.126. The van der Waals surface area contributed by atoms with Gasteiger partial charge in [-0.15, -0.1) is 0 Å². The Morgan fingerprint density at radius 3 is 2.48 bits per heavy atom. The van der Waals surface area contributed by atoms with Crippen LogP contribution < -0.4 is 0 Å². The van der Waals surface area contributed by atoms with Crippen LogP contribution in [-0.4, -0.2) is 31.0 Å². The third-order valence-electron chi connectivity index (χ3n) is 5.21. The van der Waals surface area contributed by atoms with Gasteiger partial charge in [0.25, 0.3) is 0 Å². The average molecular weight is 362 g/mol. The molecule has 0 saturated carbocycles. The molecule has 2 fully saturated rings. The summed E-state index contributed by atoms with van der Waals surface area (Å²) in [5.41, 5.74) is 2.17. The molecule has 2 aliphatic rings. The zero-order chi connectivity index (χ0) is 18.3. The third kappa shape index (κ3) is 4.99. The van der Waals surface area contributed by atoms with Crippen LogP contribution in [0.15, 0.2) is 60.7 Å². The van der Waals surface area contributed by atoms with E-state index in [1.807, 2.05) is 48.5 Å². The zero-order valence-corrected chi connectivity index (χ0v) is 15.6. The Hall–Kier alpha value is -2.12. The molecule has 2 aliphatic heterocycles. The van der Waals surface area contributed by atoms with E-state index in [0.29, 0.717) is 6.61 Å². The molecule has 2 aromatic rings. The van der Waals surface area contributed by atoms with E-state index < -0.39 is 0 Å². The van der Waals surface area contributed by atoms with Crippen LogP contribution in [0.3, 0.4) is 0 Å². The van der Waals surface area contributed by atoms with Crippen LogP contribution in [0.5, 0.6) is 0 Å². The molecule has 0 aromatic heterocycles. The Labute approximate surface area is 161 Å². The fraction of sp³-hybridized carbons (Fsp3) is 0.417. The minimum atomic E-state index is -0.231. The van der Waals surface area contributed by atoms with Crippen molar-refractivity contribution in [2.45, 2.75) is 56.7 Å². The lowest BCUT2D eigenvalue weighted by Crippen LogP contribution is -2.37. The van der Waals surface area contributed by atoms with Gasteiger partial charge in [-0.05, 0) is 43.4 Å². The van der Waals surface area contributed by atoms with E-state index in [1.165, 1.54) is 5.56 Å². The first kappa shape index (κ1) is 18.3. The predicted octanol–water partition coefficient (Wildman–Crippen LogP) is 4.35. The minimum Gasteiger partial charge on any atom is -0.376 e. The number of hydrogen-bond acceptors (Lipinski definition) is 3. The largest absolute Gasteiger partial charge is 0.376 e. The molecule has 3 nitrogen and oxygen atoms in total. The van der Waals surface area contributed by atoms with Gasteiger partial charge in [-0.25, -0.2) is 0 Å². The topological polar surface area (TPSA) is 27.7 Å². The van der Waals surface area contributed by atoms with Gasteiger partial charge >= 0.3 is 0 Å². The van der Waals surface area contributed by atoms with Gasteiger partial charge < -0.3 is 14.2 Å². The maximum absolute atomic E-state index is 6.41. The van der Waals surface area contributed by atoms with Crippen molar-refractivity contribution in [2.75, 3.05) is 6.61 Å². The second-order valence-corrected chi connectivity index (χ2v) is 7.19. The highest BCUT2D eigenvalue weighted by atomic mass is 16.6. The Kier molecular flexibility index (Phi) is 6.21. The summed E-state index contributed by atoms with van der Waals surface area (Å²) in [7, 11) is 0. The molecule has 0 amide bonds. The molecule has 4 atom stereocenters. The number of fused-ring (bicyclic) bond motifs is 1. The van der Waals surface area contributed by atoms with Gasteiger partial charge in [0.1, 0.15) is 6.10 Å². The van der Waals surface area contributed by atoms with E-state index in [1.54, 1.807) is 0 Å². The first-order chi connectivity index (χ1) is 13.4. The molecule has 0 aliphatic carbocycles. The van der Waals surface area contributed by atoms with Crippen LogP contribution in [0.25, 0.3) is 0 Å². The molecule has 3 heteroatoms. The average Bonchev–Trinajstić information content (AvgIpc) is 2.91. The molecule has 0 spiro atoms. The van der Waals surface area contributed by atoms with Crippen molar-refractivity contribution in [1.29, 1.82) is 0 Å². The predicted molar refractivity (Wildman–Crippen MR) is 105 cm³/mol. The fourth-order valence-corrected chi connectivity index (χ4v) is 3.74.